The van der Waals surface area contributed by atoms with Crippen LogP contribution in [0, 0.1) is 25.5 Å². The van der Waals surface area contributed by atoms with Crippen LogP contribution in [0.2, 0.25) is 5.15 Å². The van der Waals surface area contributed by atoms with Gasteiger partial charge in [-0.05, 0) is 55.3 Å². The van der Waals surface area contributed by atoms with E-state index in [-0.39, 0.29) is 10.7 Å². The Morgan fingerprint density at radius 3 is 2.47 bits per heavy atom. The third-order valence-electron chi connectivity index (χ3n) is 5.08. The number of aryl methyl sites for hydroxylation is 1. The van der Waals surface area contributed by atoms with Gasteiger partial charge in [0.15, 0.2) is 9.84 Å². The predicted octanol–water partition coefficient (Wildman–Crippen LogP) is 5.20. The zero-order valence-electron chi connectivity index (χ0n) is 18.1. The summed E-state index contributed by atoms with van der Waals surface area (Å²) in [6, 6.07) is 7.52. The van der Waals surface area contributed by atoms with Gasteiger partial charge < -0.3 is 5.32 Å². The molecule has 3 heterocycles. The Balaban J connectivity index is 1.69. The van der Waals surface area contributed by atoms with Crippen LogP contribution in [-0.2, 0) is 15.6 Å². The molecule has 0 aliphatic rings. The number of hydrogen-bond donors (Lipinski definition) is 1. The first-order chi connectivity index (χ1) is 16.1. The molecule has 0 amide bonds. The topological polar surface area (TPSA) is 97.7 Å². The summed E-state index contributed by atoms with van der Waals surface area (Å²) in [5, 5.41) is 3.08. The molecule has 0 aliphatic heterocycles. The van der Waals surface area contributed by atoms with Crippen molar-refractivity contribution in [2.75, 3.05) is 5.32 Å². The molecule has 0 saturated heterocycles. The van der Waals surface area contributed by atoms with Gasteiger partial charge in [-0.25, -0.2) is 37.1 Å². The second-order valence-electron chi connectivity index (χ2n) is 7.44. The number of aromatic nitrogens is 4. The van der Waals surface area contributed by atoms with E-state index in [1.54, 1.807) is 44.4 Å². The van der Waals surface area contributed by atoms with Crippen LogP contribution < -0.4 is 5.32 Å². The minimum absolute atomic E-state index is 0.0174. The lowest BCUT2D eigenvalue weighted by molar-refractivity contribution is 0.548. The molecule has 0 radical (unpaired) electrons. The normalized spacial score (nSPS) is 11.4. The van der Waals surface area contributed by atoms with Crippen LogP contribution in [0.3, 0.4) is 0 Å². The van der Waals surface area contributed by atoms with Crippen molar-refractivity contribution in [1.29, 1.82) is 0 Å². The molecule has 7 nitrogen and oxygen atoms in total. The van der Waals surface area contributed by atoms with Gasteiger partial charge >= 0.3 is 0 Å². The number of sulfone groups is 1. The van der Waals surface area contributed by atoms with E-state index in [1.807, 2.05) is 0 Å². The van der Waals surface area contributed by atoms with Crippen molar-refractivity contribution in [2.45, 2.75) is 24.5 Å². The molecule has 0 aliphatic carbocycles. The van der Waals surface area contributed by atoms with Crippen LogP contribution >= 0.6 is 11.6 Å². The van der Waals surface area contributed by atoms with Crippen LogP contribution in [0.5, 0.6) is 0 Å². The van der Waals surface area contributed by atoms with Crippen molar-refractivity contribution < 1.29 is 17.2 Å². The zero-order chi connectivity index (χ0) is 24.5. The molecule has 0 atom stereocenters. The Labute approximate surface area is 199 Å². The second kappa shape index (κ2) is 9.40. The molecular formula is C23H18ClF2N5O2S. The van der Waals surface area contributed by atoms with Crippen molar-refractivity contribution in [2.24, 2.45) is 0 Å². The van der Waals surface area contributed by atoms with Gasteiger partial charge in [-0.2, -0.15) is 0 Å². The van der Waals surface area contributed by atoms with E-state index >= 15 is 0 Å². The molecule has 0 spiro atoms. The Morgan fingerprint density at radius 1 is 0.971 bits per heavy atom. The lowest BCUT2D eigenvalue weighted by Crippen LogP contribution is -2.10. The van der Waals surface area contributed by atoms with E-state index in [2.05, 4.69) is 25.3 Å². The number of nitrogens with zero attached hydrogens (tertiary/aromatic N) is 4. The average molecular weight is 502 g/mol. The number of hydrogen-bond acceptors (Lipinski definition) is 7. The maximum Gasteiger partial charge on any atom is 0.185 e. The Kier molecular flexibility index (Phi) is 6.54. The van der Waals surface area contributed by atoms with Crippen LogP contribution in [0.15, 0.2) is 59.9 Å². The van der Waals surface area contributed by atoms with Gasteiger partial charge in [0.25, 0.3) is 0 Å². The van der Waals surface area contributed by atoms with E-state index in [9.17, 15) is 17.2 Å². The SMILES string of the molecule is Cc1nccc(Nc2cc(-c3cnc(Cl)c(CS(=O)(=O)c4ccc(F)cc4F)c3C)ccn2)n1. The molecule has 1 aromatic carbocycles. The van der Waals surface area contributed by atoms with Crippen molar-refractivity contribution in [3.05, 3.63) is 88.7 Å². The molecule has 174 valence electrons. The first-order valence-electron chi connectivity index (χ1n) is 9.99. The number of benzene rings is 1. The molecule has 0 bridgehead atoms. The number of pyridine rings is 2. The summed E-state index contributed by atoms with van der Waals surface area (Å²) in [5.41, 5.74) is 2.11. The van der Waals surface area contributed by atoms with Gasteiger partial charge in [-0.1, -0.05) is 11.6 Å². The summed E-state index contributed by atoms with van der Waals surface area (Å²) >= 11 is 6.23. The van der Waals surface area contributed by atoms with Crippen molar-refractivity contribution >= 4 is 33.1 Å². The minimum atomic E-state index is -4.16. The Morgan fingerprint density at radius 2 is 1.74 bits per heavy atom. The van der Waals surface area contributed by atoms with Crippen LogP contribution in [0.25, 0.3) is 11.1 Å². The van der Waals surface area contributed by atoms with E-state index in [0.717, 1.165) is 12.1 Å². The third kappa shape index (κ3) is 5.02. The zero-order valence-corrected chi connectivity index (χ0v) is 19.6. The third-order valence-corrected chi connectivity index (χ3v) is 7.07. The van der Waals surface area contributed by atoms with Gasteiger partial charge in [-0.3, -0.25) is 0 Å². The highest BCUT2D eigenvalue weighted by Gasteiger charge is 2.24. The van der Waals surface area contributed by atoms with E-state index in [1.165, 1.54) is 6.20 Å². The fourth-order valence-corrected chi connectivity index (χ4v) is 5.25. The number of rotatable bonds is 6. The standard InChI is InChI=1S/C23H18ClF2N5O2S/c1-13-17(15-5-7-28-22(9-15)31-21-6-8-27-14(2)30-21)11-29-23(24)18(13)12-34(32,33)20-4-3-16(25)10-19(20)26/h3-11H,12H2,1-2H3,(H,27,28,30,31). The summed E-state index contributed by atoms with van der Waals surface area (Å²) < 4.78 is 53.2. The van der Waals surface area contributed by atoms with Gasteiger partial charge in [0.05, 0.1) is 5.75 Å². The maximum atomic E-state index is 14.2. The summed E-state index contributed by atoms with van der Waals surface area (Å²) in [6.07, 6.45) is 4.74. The van der Waals surface area contributed by atoms with Crippen molar-refractivity contribution in [1.82, 2.24) is 19.9 Å². The lowest BCUT2D eigenvalue weighted by atomic mass is 10.0. The largest absolute Gasteiger partial charge is 0.325 e. The molecule has 34 heavy (non-hydrogen) atoms. The first-order valence-corrected chi connectivity index (χ1v) is 12.0. The highest BCUT2D eigenvalue weighted by molar-refractivity contribution is 7.90. The molecule has 4 aromatic rings. The molecular weight excluding hydrogens is 484 g/mol. The van der Waals surface area contributed by atoms with Crippen molar-refractivity contribution in [3.63, 3.8) is 0 Å². The molecule has 0 saturated carbocycles. The predicted molar refractivity (Wildman–Crippen MR) is 125 cm³/mol. The van der Waals surface area contributed by atoms with E-state index in [4.69, 9.17) is 11.6 Å². The van der Waals surface area contributed by atoms with Gasteiger partial charge in [-0.15, -0.1) is 0 Å². The van der Waals surface area contributed by atoms with Crippen molar-refractivity contribution in [3.8, 4) is 11.1 Å². The molecule has 11 heteroatoms. The summed E-state index contributed by atoms with van der Waals surface area (Å²) in [5.74, 6) is -0.959. The molecule has 4 rings (SSSR count). The summed E-state index contributed by atoms with van der Waals surface area (Å²) in [6.45, 7) is 3.47. The number of nitrogens with one attached hydrogen (secondary N) is 1. The summed E-state index contributed by atoms with van der Waals surface area (Å²) in [7, 11) is -4.16. The minimum Gasteiger partial charge on any atom is -0.325 e. The van der Waals surface area contributed by atoms with E-state index < -0.39 is 32.1 Å². The van der Waals surface area contributed by atoms with Crippen LogP contribution in [-0.4, -0.2) is 28.4 Å². The molecule has 0 fully saturated rings. The van der Waals surface area contributed by atoms with E-state index in [0.29, 0.717) is 40.2 Å². The quantitative estimate of drug-likeness (QED) is 0.286. The maximum absolute atomic E-state index is 14.2. The van der Waals surface area contributed by atoms with Gasteiger partial charge in [0.1, 0.15) is 39.1 Å². The molecule has 3 aromatic heterocycles. The summed E-state index contributed by atoms with van der Waals surface area (Å²) in [4.78, 5) is 16.2. The average Bonchev–Trinajstić information content (AvgIpc) is 2.76. The molecule has 1 N–H and O–H groups in total. The first kappa shape index (κ1) is 23.7. The van der Waals surface area contributed by atoms with Crippen LogP contribution in [0.4, 0.5) is 20.4 Å². The highest BCUT2D eigenvalue weighted by Crippen LogP contribution is 2.32. The Hall–Kier alpha value is -3.50. The monoisotopic (exact) mass is 501 g/mol. The lowest BCUT2D eigenvalue weighted by Gasteiger charge is -2.14. The fourth-order valence-electron chi connectivity index (χ4n) is 3.39. The Bertz CT molecular complexity index is 1500. The second-order valence-corrected chi connectivity index (χ2v) is 9.76. The van der Waals surface area contributed by atoms with Crippen LogP contribution in [0.1, 0.15) is 17.0 Å². The fraction of sp³-hybridized carbons (Fsp3) is 0.130. The molecule has 0 unspecified atom stereocenters. The highest BCUT2D eigenvalue weighted by atomic mass is 35.5. The van der Waals surface area contributed by atoms with Gasteiger partial charge in [0.2, 0.25) is 0 Å². The number of anilines is 2. The smallest absolute Gasteiger partial charge is 0.185 e. The number of halogens is 3. The van der Waals surface area contributed by atoms with Gasteiger partial charge in [0, 0.05) is 35.8 Å².